The molecular formula is C40H52N8O9. The Hall–Kier alpha value is -5.97. The van der Waals surface area contributed by atoms with Gasteiger partial charge in [0.2, 0.25) is 23.6 Å². The van der Waals surface area contributed by atoms with E-state index in [1.54, 1.807) is 6.20 Å². The summed E-state index contributed by atoms with van der Waals surface area (Å²) in [5.74, 6) is -3.27. The predicted molar refractivity (Wildman–Crippen MR) is 208 cm³/mol. The lowest BCUT2D eigenvalue weighted by Gasteiger charge is -2.37. The van der Waals surface area contributed by atoms with Gasteiger partial charge in [0.05, 0.1) is 13.7 Å². The van der Waals surface area contributed by atoms with Crippen LogP contribution in [0.25, 0.3) is 10.9 Å². The third kappa shape index (κ3) is 12.3. The van der Waals surface area contributed by atoms with Crippen molar-refractivity contribution in [1.29, 1.82) is 0 Å². The number of aryl methyl sites for hydroxylation is 1. The number of amides is 7. The van der Waals surface area contributed by atoms with Gasteiger partial charge >= 0.3 is 12.0 Å². The summed E-state index contributed by atoms with van der Waals surface area (Å²) in [4.78, 5) is 96.8. The number of nitrogens with one attached hydrogen (secondary N) is 6. The topological polar surface area (TPSA) is 246 Å². The van der Waals surface area contributed by atoms with Crippen LogP contribution in [0.4, 0.5) is 4.79 Å². The van der Waals surface area contributed by atoms with Gasteiger partial charge in [-0.05, 0) is 62.6 Å². The highest BCUT2D eigenvalue weighted by Crippen LogP contribution is 2.23. The number of rotatable bonds is 19. The molecule has 0 radical (unpaired) electrons. The van der Waals surface area contributed by atoms with E-state index in [0.717, 1.165) is 27.6 Å². The van der Waals surface area contributed by atoms with Crippen LogP contribution in [-0.2, 0) is 51.2 Å². The third-order valence-electron chi connectivity index (χ3n) is 10.1. The van der Waals surface area contributed by atoms with Crippen LogP contribution in [0.3, 0.4) is 0 Å². The molecule has 0 saturated carbocycles. The van der Waals surface area contributed by atoms with Crippen molar-refractivity contribution in [2.24, 2.45) is 5.73 Å². The minimum absolute atomic E-state index is 0.0440. The first kappa shape index (κ1) is 42.2. The number of carbonyl (C=O) groups excluding carboxylic acids is 7. The molecule has 2 saturated heterocycles. The number of aromatic nitrogens is 1. The number of methoxy groups -OCH3 is 1. The lowest BCUT2D eigenvalue weighted by atomic mass is 9.97. The molecule has 17 nitrogen and oxygen atoms in total. The molecule has 2 aliphatic heterocycles. The number of esters is 1. The van der Waals surface area contributed by atoms with Gasteiger partial charge in [0.1, 0.15) is 24.2 Å². The SMILES string of the molecule is COC(=O)CC[C@H](NC(=O)C1CO1)C(=O)N1CCCC[C@H]1C(=O)N[C@@H](Cc1c[nH]c2ccccc12)C(=O)N[C@@H](CCCNC(N)=O)C(=O)NCc1ccc(C)cc1. The smallest absolute Gasteiger partial charge is 0.312 e. The number of H-pyrrole nitrogens is 1. The number of likely N-dealkylation sites (tertiary alicyclic amines) is 1. The van der Waals surface area contributed by atoms with E-state index in [2.05, 4.69) is 31.6 Å². The molecule has 8 N–H and O–H groups in total. The number of nitrogens with zero attached hydrogens (tertiary/aromatic N) is 1. The highest BCUT2D eigenvalue weighted by Gasteiger charge is 2.40. The largest absolute Gasteiger partial charge is 0.469 e. The van der Waals surface area contributed by atoms with Crippen molar-refractivity contribution in [1.82, 2.24) is 36.5 Å². The van der Waals surface area contributed by atoms with Crippen LogP contribution in [0.2, 0.25) is 0 Å². The van der Waals surface area contributed by atoms with Crippen LogP contribution >= 0.6 is 0 Å². The zero-order chi connectivity index (χ0) is 40.9. The Labute approximate surface area is 330 Å². The maximum absolute atomic E-state index is 14.3. The van der Waals surface area contributed by atoms with E-state index in [1.807, 2.05) is 55.5 Å². The molecule has 1 aromatic heterocycles. The second-order valence-corrected chi connectivity index (χ2v) is 14.4. The number of hydrogen-bond donors (Lipinski definition) is 7. The minimum atomic E-state index is -1.19. The lowest BCUT2D eigenvalue weighted by molar-refractivity contribution is -0.147. The maximum Gasteiger partial charge on any atom is 0.312 e. The first-order valence-electron chi connectivity index (χ1n) is 19.2. The number of primary amides is 1. The molecule has 3 heterocycles. The molecule has 17 heteroatoms. The molecule has 0 aliphatic carbocycles. The molecule has 57 heavy (non-hydrogen) atoms. The van der Waals surface area contributed by atoms with Crippen molar-refractivity contribution in [3.05, 3.63) is 71.4 Å². The fourth-order valence-corrected chi connectivity index (χ4v) is 6.83. The van der Waals surface area contributed by atoms with Gasteiger partial charge in [-0.2, -0.15) is 0 Å². The second-order valence-electron chi connectivity index (χ2n) is 14.4. The summed E-state index contributed by atoms with van der Waals surface area (Å²) < 4.78 is 9.83. The number of aromatic amines is 1. The van der Waals surface area contributed by atoms with E-state index >= 15 is 0 Å². The zero-order valence-electron chi connectivity index (χ0n) is 32.3. The molecule has 2 aromatic carbocycles. The first-order chi connectivity index (χ1) is 27.4. The summed E-state index contributed by atoms with van der Waals surface area (Å²) in [5, 5.41) is 14.6. The fraction of sp³-hybridized carbons (Fsp3) is 0.475. The molecule has 306 valence electrons. The number of piperidine rings is 1. The van der Waals surface area contributed by atoms with Gasteiger partial charge in [-0.15, -0.1) is 0 Å². The Morgan fingerprint density at radius 2 is 1.63 bits per heavy atom. The Morgan fingerprint density at radius 1 is 0.895 bits per heavy atom. The minimum Gasteiger partial charge on any atom is -0.469 e. The quantitative estimate of drug-likeness (QED) is 0.0519. The summed E-state index contributed by atoms with van der Waals surface area (Å²) in [5.41, 5.74) is 8.72. The number of para-hydroxylation sites is 1. The van der Waals surface area contributed by atoms with Crippen molar-refractivity contribution < 1.29 is 43.0 Å². The van der Waals surface area contributed by atoms with Crippen molar-refractivity contribution in [3.8, 4) is 0 Å². The van der Waals surface area contributed by atoms with E-state index in [9.17, 15) is 33.6 Å². The number of benzene rings is 2. The Kier molecular flexibility index (Phi) is 15.0. The monoisotopic (exact) mass is 788 g/mol. The molecule has 0 bridgehead atoms. The van der Waals surface area contributed by atoms with Gasteiger partial charge in [-0.25, -0.2) is 4.79 Å². The Bertz CT molecular complexity index is 1910. The van der Waals surface area contributed by atoms with E-state index < -0.39 is 71.8 Å². The number of ether oxygens (including phenoxy) is 2. The highest BCUT2D eigenvalue weighted by atomic mass is 16.6. The van der Waals surface area contributed by atoms with E-state index in [1.165, 1.54) is 12.0 Å². The molecule has 5 rings (SSSR count). The Balaban J connectivity index is 1.36. The summed E-state index contributed by atoms with van der Waals surface area (Å²) in [6.07, 6.45) is 2.89. The summed E-state index contributed by atoms with van der Waals surface area (Å²) in [6, 6.07) is 10.1. The summed E-state index contributed by atoms with van der Waals surface area (Å²) in [7, 11) is 1.23. The van der Waals surface area contributed by atoms with E-state index in [4.69, 9.17) is 15.2 Å². The number of hydrogen-bond acceptors (Lipinski definition) is 9. The zero-order valence-corrected chi connectivity index (χ0v) is 32.3. The number of urea groups is 1. The van der Waals surface area contributed by atoms with Gasteiger partial charge in [0, 0.05) is 49.6 Å². The standard InChI is InChI=1S/C40H52N8O9/c1-24-12-14-25(15-13-24)21-44-35(50)29(10-7-18-42-40(41)55)45-36(51)31(20-26-22-43-28-9-4-3-8-27(26)28)47-37(52)32-11-5-6-19-48(32)39(54)30(16-17-34(49)56-2)46-38(53)33-23-57-33/h3-4,8-9,12-15,22,29-33,43H,5-7,10-11,16-21,23H2,1-2H3,(H,44,50)(H,45,51)(H,46,53)(H,47,52)(H3,41,42,55)/t29-,30-,31-,32-,33?/m0/s1. The van der Waals surface area contributed by atoms with Crippen LogP contribution in [0.1, 0.15) is 61.6 Å². The van der Waals surface area contributed by atoms with E-state index in [0.29, 0.717) is 25.7 Å². The molecule has 2 aliphatic rings. The lowest BCUT2D eigenvalue weighted by Crippen LogP contribution is -2.61. The van der Waals surface area contributed by atoms with Crippen LogP contribution in [0.15, 0.2) is 54.7 Å². The van der Waals surface area contributed by atoms with Gasteiger partial charge in [-0.3, -0.25) is 28.8 Å². The molecule has 0 spiro atoms. The number of nitrogens with two attached hydrogens (primary N) is 1. The number of fused-ring (bicyclic) bond motifs is 1. The van der Waals surface area contributed by atoms with Gasteiger partial charge < -0.3 is 51.7 Å². The molecular weight excluding hydrogens is 736 g/mol. The number of carbonyl (C=O) groups is 7. The average Bonchev–Trinajstić information content (AvgIpc) is 4.00. The first-order valence-corrected chi connectivity index (χ1v) is 19.2. The van der Waals surface area contributed by atoms with Gasteiger partial charge in [0.25, 0.3) is 5.91 Å². The van der Waals surface area contributed by atoms with Crippen molar-refractivity contribution in [2.75, 3.05) is 26.8 Å². The summed E-state index contributed by atoms with van der Waals surface area (Å²) >= 11 is 0. The van der Waals surface area contributed by atoms with Gasteiger partial charge in [-0.1, -0.05) is 48.0 Å². The van der Waals surface area contributed by atoms with Crippen LogP contribution in [-0.4, -0.2) is 108 Å². The third-order valence-corrected chi connectivity index (χ3v) is 10.1. The Morgan fingerprint density at radius 3 is 2.35 bits per heavy atom. The van der Waals surface area contributed by atoms with Crippen molar-refractivity contribution in [3.63, 3.8) is 0 Å². The van der Waals surface area contributed by atoms with Crippen molar-refractivity contribution >= 4 is 52.4 Å². The average molecular weight is 789 g/mol. The van der Waals surface area contributed by atoms with E-state index in [-0.39, 0.29) is 51.9 Å². The molecule has 1 unspecified atom stereocenters. The number of epoxide rings is 1. The maximum atomic E-state index is 14.3. The van der Waals surface area contributed by atoms with Gasteiger partial charge in [0.15, 0.2) is 6.10 Å². The molecule has 3 aromatic rings. The van der Waals surface area contributed by atoms with Crippen LogP contribution in [0, 0.1) is 6.92 Å². The highest BCUT2D eigenvalue weighted by molar-refractivity contribution is 5.97. The fourth-order valence-electron chi connectivity index (χ4n) is 6.83. The van der Waals surface area contributed by atoms with Crippen LogP contribution < -0.4 is 32.3 Å². The second kappa shape index (κ2) is 20.3. The predicted octanol–water partition coefficient (Wildman–Crippen LogP) is 0.971. The molecule has 2 fully saturated rings. The molecule has 7 amide bonds. The van der Waals surface area contributed by atoms with Crippen molar-refractivity contribution in [2.45, 2.75) is 95.1 Å². The molecule has 5 atom stereocenters. The normalized spacial score (nSPS) is 17.7. The summed E-state index contributed by atoms with van der Waals surface area (Å²) in [6.45, 7) is 2.77. The van der Waals surface area contributed by atoms with Crippen LogP contribution in [0.5, 0.6) is 0 Å².